The van der Waals surface area contributed by atoms with Crippen LogP contribution in [0.4, 0.5) is 10.1 Å². The Kier molecular flexibility index (Phi) is 6.16. The van der Waals surface area contributed by atoms with Crippen molar-refractivity contribution < 1.29 is 9.18 Å². The number of nitrogens with one attached hydrogen (secondary N) is 1. The van der Waals surface area contributed by atoms with Crippen molar-refractivity contribution in [3.05, 3.63) is 57.1 Å². The molecular weight excluding hydrogens is 385 g/mol. The van der Waals surface area contributed by atoms with E-state index in [1.165, 1.54) is 12.1 Å². The maximum Gasteiger partial charge on any atom is 0.266 e. The third-order valence-electron chi connectivity index (χ3n) is 3.90. The van der Waals surface area contributed by atoms with Crippen molar-refractivity contribution in [2.75, 3.05) is 5.32 Å². The normalized spacial score (nSPS) is 11.3. The molecule has 2 rings (SSSR count). The molecule has 1 aromatic heterocycles. The number of carbonyl (C=O) groups excluding carboxylic acids is 1. The van der Waals surface area contributed by atoms with Gasteiger partial charge in [-0.2, -0.15) is 5.26 Å². The largest absolute Gasteiger partial charge is 0.349 e. The minimum absolute atomic E-state index is 0.0332. The summed E-state index contributed by atoms with van der Waals surface area (Å²) in [6.07, 6.45) is 2.54. The van der Waals surface area contributed by atoms with E-state index in [1.807, 2.05) is 26.0 Å². The van der Waals surface area contributed by atoms with E-state index in [2.05, 4.69) is 32.7 Å². The van der Waals surface area contributed by atoms with Crippen LogP contribution in [0.25, 0.3) is 6.08 Å². The predicted octanol–water partition coefficient (Wildman–Crippen LogP) is 4.96. The van der Waals surface area contributed by atoms with Gasteiger partial charge in [-0.3, -0.25) is 4.79 Å². The van der Waals surface area contributed by atoms with Gasteiger partial charge in [0.15, 0.2) is 0 Å². The Morgan fingerprint density at radius 2 is 2.12 bits per heavy atom. The Hall–Kier alpha value is -2.39. The van der Waals surface area contributed by atoms with E-state index >= 15 is 0 Å². The SMILES string of the molecule is CCCn1c(C)cc(/C=C(\C#N)C(=O)Nc2ccc(Br)cc2F)c1C. The van der Waals surface area contributed by atoms with Gasteiger partial charge in [-0.15, -0.1) is 0 Å². The quantitative estimate of drug-likeness (QED) is 0.566. The van der Waals surface area contributed by atoms with Gasteiger partial charge >= 0.3 is 0 Å². The van der Waals surface area contributed by atoms with Crippen molar-refractivity contribution in [2.24, 2.45) is 0 Å². The van der Waals surface area contributed by atoms with E-state index in [4.69, 9.17) is 0 Å². The van der Waals surface area contributed by atoms with Crippen LogP contribution in [-0.2, 0) is 11.3 Å². The number of nitrogens with zero attached hydrogens (tertiary/aromatic N) is 2. The molecule has 0 aliphatic rings. The molecule has 0 aliphatic heterocycles. The molecule has 1 amide bonds. The second-order valence-corrected chi connectivity index (χ2v) is 6.64. The Labute approximate surface area is 155 Å². The number of aryl methyl sites for hydroxylation is 1. The van der Waals surface area contributed by atoms with Gasteiger partial charge in [0.2, 0.25) is 0 Å². The fourth-order valence-corrected chi connectivity index (χ4v) is 2.96. The van der Waals surface area contributed by atoms with Crippen molar-refractivity contribution in [2.45, 2.75) is 33.7 Å². The molecule has 1 N–H and O–H groups in total. The van der Waals surface area contributed by atoms with Crippen molar-refractivity contribution in [3.8, 4) is 6.07 Å². The number of aromatic nitrogens is 1. The fourth-order valence-electron chi connectivity index (χ4n) is 2.63. The zero-order chi connectivity index (χ0) is 18.6. The van der Waals surface area contributed by atoms with Crippen LogP contribution in [0, 0.1) is 31.0 Å². The molecule has 0 radical (unpaired) electrons. The minimum atomic E-state index is -0.635. The van der Waals surface area contributed by atoms with Gasteiger partial charge in [-0.25, -0.2) is 4.39 Å². The summed E-state index contributed by atoms with van der Waals surface area (Å²) in [6.45, 7) is 6.91. The van der Waals surface area contributed by atoms with Crippen LogP contribution in [0.5, 0.6) is 0 Å². The summed E-state index contributed by atoms with van der Waals surface area (Å²) < 4.78 is 16.6. The first kappa shape index (κ1) is 18.9. The summed E-state index contributed by atoms with van der Waals surface area (Å²) in [4.78, 5) is 12.3. The first-order valence-corrected chi connectivity index (χ1v) is 8.71. The highest BCUT2D eigenvalue weighted by Crippen LogP contribution is 2.22. The third-order valence-corrected chi connectivity index (χ3v) is 4.40. The molecule has 0 bridgehead atoms. The summed E-state index contributed by atoms with van der Waals surface area (Å²) in [5.74, 6) is -1.20. The standard InChI is InChI=1S/C19H19BrFN3O/c1-4-7-24-12(2)8-14(13(24)3)9-15(11-22)19(25)23-18-6-5-16(20)10-17(18)21/h5-6,8-10H,4,7H2,1-3H3,(H,23,25)/b15-9+. The lowest BCUT2D eigenvalue weighted by molar-refractivity contribution is -0.112. The molecule has 6 heteroatoms. The number of nitriles is 1. The van der Waals surface area contributed by atoms with Crippen LogP contribution in [0.3, 0.4) is 0 Å². The monoisotopic (exact) mass is 403 g/mol. The molecule has 1 aromatic carbocycles. The van der Waals surface area contributed by atoms with Crippen molar-refractivity contribution in [3.63, 3.8) is 0 Å². The average molecular weight is 404 g/mol. The van der Waals surface area contributed by atoms with Crippen molar-refractivity contribution in [1.82, 2.24) is 4.57 Å². The van der Waals surface area contributed by atoms with E-state index < -0.39 is 11.7 Å². The number of benzene rings is 1. The van der Waals surface area contributed by atoms with Gasteiger partial charge in [0, 0.05) is 22.4 Å². The molecule has 0 atom stereocenters. The van der Waals surface area contributed by atoms with Crippen LogP contribution in [-0.4, -0.2) is 10.5 Å². The van der Waals surface area contributed by atoms with Gasteiger partial charge < -0.3 is 9.88 Å². The molecule has 130 valence electrons. The van der Waals surface area contributed by atoms with E-state index in [0.29, 0.717) is 4.47 Å². The number of hydrogen-bond donors (Lipinski definition) is 1. The third kappa shape index (κ3) is 4.37. The Morgan fingerprint density at radius 3 is 2.72 bits per heavy atom. The number of amides is 1. The topological polar surface area (TPSA) is 57.8 Å². The van der Waals surface area contributed by atoms with Gasteiger partial charge in [0.1, 0.15) is 17.5 Å². The van der Waals surface area contributed by atoms with Crippen molar-refractivity contribution >= 4 is 33.6 Å². The minimum Gasteiger partial charge on any atom is -0.349 e. The van der Waals surface area contributed by atoms with Crippen LogP contribution in [0.1, 0.15) is 30.3 Å². The van der Waals surface area contributed by atoms with Crippen LogP contribution in [0.2, 0.25) is 0 Å². The van der Waals surface area contributed by atoms with Crippen LogP contribution in [0.15, 0.2) is 34.3 Å². The Bertz CT molecular complexity index is 878. The smallest absolute Gasteiger partial charge is 0.266 e. The lowest BCUT2D eigenvalue weighted by atomic mass is 10.1. The van der Waals surface area contributed by atoms with Crippen molar-refractivity contribution in [1.29, 1.82) is 5.26 Å². The summed E-state index contributed by atoms with van der Waals surface area (Å²) >= 11 is 3.16. The average Bonchev–Trinajstić information content (AvgIpc) is 2.83. The first-order chi connectivity index (χ1) is 11.9. The molecule has 0 saturated heterocycles. The zero-order valence-electron chi connectivity index (χ0n) is 14.4. The molecule has 0 aliphatic carbocycles. The highest BCUT2D eigenvalue weighted by molar-refractivity contribution is 9.10. The molecule has 0 saturated carbocycles. The molecular formula is C19H19BrFN3O. The molecule has 0 fully saturated rings. The zero-order valence-corrected chi connectivity index (χ0v) is 15.9. The van der Waals surface area contributed by atoms with Gasteiger partial charge in [0.05, 0.1) is 5.69 Å². The second kappa shape index (κ2) is 8.13. The van der Waals surface area contributed by atoms with Gasteiger partial charge in [0.25, 0.3) is 5.91 Å². The number of halogens is 2. The van der Waals surface area contributed by atoms with Gasteiger partial charge in [-0.05, 0) is 56.2 Å². The molecule has 1 heterocycles. The number of anilines is 1. The summed E-state index contributed by atoms with van der Waals surface area (Å²) in [6, 6.07) is 8.15. The second-order valence-electron chi connectivity index (χ2n) is 5.73. The predicted molar refractivity (Wildman–Crippen MR) is 101 cm³/mol. The number of hydrogen-bond acceptors (Lipinski definition) is 2. The molecule has 0 spiro atoms. The fraction of sp³-hybridized carbons (Fsp3) is 0.263. The van der Waals surface area contributed by atoms with Crippen LogP contribution < -0.4 is 5.32 Å². The number of rotatable bonds is 5. The molecule has 0 unspecified atom stereocenters. The highest BCUT2D eigenvalue weighted by atomic mass is 79.9. The first-order valence-electron chi connectivity index (χ1n) is 7.92. The Balaban J connectivity index is 2.30. The van der Waals surface area contributed by atoms with Crippen LogP contribution >= 0.6 is 15.9 Å². The maximum atomic E-state index is 13.9. The molecule has 4 nitrogen and oxygen atoms in total. The van der Waals surface area contributed by atoms with E-state index in [0.717, 1.165) is 29.9 Å². The number of carbonyl (C=O) groups is 1. The van der Waals surface area contributed by atoms with Gasteiger partial charge in [-0.1, -0.05) is 22.9 Å². The lowest BCUT2D eigenvalue weighted by Crippen LogP contribution is -2.14. The maximum absolute atomic E-state index is 13.9. The highest BCUT2D eigenvalue weighted by Gasteiger charge is 2.14. The molecule has 25 heavy (non-hydrogen) atoms. The Morgan fingerprint density at radius 1 is 1.40 bits per heavy atom. The van der Waals surface area contributed by atoms with E-state index in [1.54, 1.807) is 12.1 Å². The molecule has 2 aromatic rings. The summed E-state index contributed by atoms with van der Waals surface area (Å²) in [5, 5.41) is 11.8. The summed E-state index contributed by atoms with van der Waals surface area (Å²) in [5.41, 5.74) is 2.84. The van der Waals surface area contributed by atoms with E-state index in [-0.39, 0.29) is 11.3 Å². The lowest BCUT2D eigenvalue weighted by Gasteiger charge is -2.07. The summed E-state index contributed by atoms with van der Waals surface area (Å²) in [7, 11) is 0. The van der Waals surface area contributed by atoms with E-state index in [9.17, 15) is 14.4 Å².